The molecular formula is C13H14INS. The summed E-state index contributed by atoms with van der Waals surface area (Å²) in [5, 5.41) is 3.26. The van der Waals surface area contributed by atoms with Crippen LogP contribution >= 0.6 is 33.9 Å². The summed E-state index contributed by atoms with van der Waals surface area (Å²) in [4.78, 5) is 2.73. The van der Waals surface area contributed by atoms with Crippen molar-refractivity contribution in [1.82, 2.24) is 5.32 Å². The first-order valence-corrected chi connectivity index (χ1v) is 7.13. The number of thiophene rings is 1. The largest absolute Gasteiger partial charge is 0.313 e. The lowest BCUT2D eigenvalue weighted by Gasteiger charge is -2.05. The Hall–Kier alpha value is -0.390. The Bertz CT molecular complexity index is 461. The second kappa shape index (κ2) is 5.29. The van der Waals surface area contributed by atoms with E-state index in [4.69, 9.17) is 0 Å². The van der Waals surface area contributed by atoms with E-state index >= 15 is 0 Å². The van der Waals surface area contributed by atoms with E-state index in [0.29, 0.717) is 6.04 Å². The van der Waals surface area contributed by atoms with Gasteiger partial charge in [-0.25, -0.2) is 0 Å². The van der Waals surface area contributed by atoms with Crippen LogP contribution in [0.15, 0.2) is 36.4 Å². The fourth-order valence-corrected chi connectivity index (χ4v) is 2.93. The monoisotopic (exact) mass is 343 g/mol. The van der Waals surface area contributed by atoms with Gasteiger partial charge in [0.25, 0.3) is 0 Å². The minimum atomic E-state index is 0.433. The summed E-state index contributed by atoms with van der Waals surface area (Å²) in [6.07, 6.45) is 0. The predicted octanol–water partition coefficient (Wildman–Crippen LogP) is 4.30. The van der Waals surface area contributed by atoms with Crippen molar-refractivity contribution in [3.05, 3.63) is 44.8 Å². The quantitative estimate of drug-likeness (QED) is 0.820. The zero-order valence-electron chi connectivity index (χ0n) is 9.33. The zero-order valence-corrected chi connectivity index (χ0v) is 12.3. The molecule has 84 valence electrons. The molecule has 0 saturated heterocycles. The van der Waals surface area contributed by atoms with Crippen molar-refractivity contribution < 1.29 is 0 Å². The molecule has 1 nitrogen and oxygen atoms in total. The second-order valence-electron chi connectivity index (χ2n) is 3.72. The van der Waals surface area contributed by atoms with Crippen molar-refractivity contribution in [3.8, 4) is 10.4 Å². The molecule has 1 N–H and O–H groups in total. The van der Waals surface area contributed by atoms with E-state index in [9.17, 15) is 0 Å². The van der Waals surface area contributed by atoms with Gasteiger partial charge in [-0.2, -0.15) is 0 Å². The number of hydrogen-bond acceptors (Lipinski definition) is 2. The zero-order chi connectivity index (χ0) is 11.5. The van der Waals surface area contributed by atoms with Crippen LogP contribution in [0, 0.1) is 3.57 Å². The highest BCUT2D eigenvalue weighted by atomic mass is 127. The van der Waals surface area contributed by atoms with Crippen molar-refractivity contribution in [2.75, 3.05) is 7.05 Å². The molecule has 1 aromatic carbocycles. The number of benzene rings is 1. The molecule has 0 aliphatic rings. The van der Waals surface area contributed by atoms with Crippen molar-refractivity contribution in [2.45, 2.75) is 13.0 Å². The number of hydrogen-bond donors (Lipinski definition) is 1. The summed E-state index contributed by atoms with van der Waals surface area (Å²) in [6.45, 7) is 2.18. The fraction of sp³-hybridized carbons (Fsp3) is 0.231. The third kappa shape index (κ3) is 2.64. The van der Waals surface area contributed by atoms with Crippen molar-refractivity contribution in [1.29, 1.82) is 0 Å². The average Bonchev–Trinajstić information content (AvgIpc) is 2.78. The van der Waals surface area contributed by atoms with Gasteiger partial charge in [-0.15, -0.1) is 11.3 Å². The van der Waals surface area contributed by atoms with Gasteiger partial charge in [-0.05, 0) is 66.4 Å². The fourth-order valence-electron chi connectivity index (χ4n) is 1.50. The third-order valence-corrected chi connectivity index (χ3v) is 4.65. The lowest BCUT2D eigenvalue weighted by molar-refractivity contribution is 0.664. The molecular weight excluding hydrogens is 329 g/mol. The Morgan fingerprint density at radius 3 is 2.44 bits per heavy atom. The van der Waals surface area contributed by atoms with Crippen LogP contribution in [-0.4, -0.2) is 7.05 Å². The molecule has 0 saturated carbocycles. The lowest BCUT2D eigenvalue weighted by atomic mass is 10.2. The van der Waals surface area contributed by atoms with Gasteiger partial charge in [0.1, 0.15) is 0 Å². The van der Waals surface area contributed by atoms with Gasteiger partial charge in [-0.3, -0.25) is 0 Å². The van der Waals surface area contributed by atoms with Crippen LogP contribution in [0.25, 0.3) is 10.4 Å². The summed E-state index contributed by atoms with van der Waals surface area (Å²) in [5.41, 5.74) is 1.31. The van der Waals surface area contributed by atoms with Gasteiger partial charge >= 0.3 is 0 Å². The molecule has 3 heteroatoms. The molecule has 1 aromatic heterocycles. The maximum absolute atomic E-state index is 3.26. The summed E-state index contributed by atoms with van der Waals surface area (Å²) in [5.74, 6) is 0. The molecule has 0 aliphatic carbocycles. The molecule has 0 bridgehead atoms. The highest BCUT2D eigenvalue weighted by molar-refractivity contribution is 14.1. The Morgan fingerprint density at radius 2 is 1.81 bits per heavy atom. The van der Waals surface area contributed by atoms with E-state index in [1.807, 2.05) is 18.4 Å². The Balaban J connectivity index is 2.28. The topological polar surface area (TPSA) is 12.0 Å². The van der Waals surface area contributed by atoms with Crippen LogP contribution in [0.4, 0.5) is 0 Å². The van der Waals surface area contributed by atoms with Gasteiger partial charge < -0.3 is 5.32 Å². The second-order valence-corrected chi connectivity index (χ2v) is 6.08. The van der Waals surface area contributed by atoms with Gasteiger partial charge in [0.05, 0.1) is 0 Å². The van der Waals surface area contributed by atoms with Crippen LogP contribution in [0.3, 0.4) is 0 Å². The van der Waals surface area contributed by atoms with Crippen LogP contribution in [0.2, 0.25) is 0 Å². The van der Waals surface area contributed by atoms with E-state index < -0.39 is 0 Å². The van der Waals surface area contributed by atoms with Gasteiger partial charge in [0, 0.05) is 19.4 Å². The maximum Gasteiger partial charge on any atom is 0.0383 e. The molecule has 16 heavy (non-hydrogen) atoms. The van der Waals surface area contributed by atoms with Crippen molar-refractivity contribution in [3.63, 3.8) is 0 Å². The molecule has 2 rings (SSSR count). The lowest BCUT2D eigenvalue weighted by Crippen LogP contribution is -2.10. The average molecular weight is 343 g/mol. The minimum Gasteiger partial charge on any atom is -0.313 e. The molecule has 0 radical (unpaired) electrons. The highest BCUT2D eigenvalue weighted by Gasteiger charge is 2.07. The number of halogens is 1. The number of rotatable bonds is 3. The van der Waals surface area contributed by atoms with E-state index in [2.05, 4.69) is 71.2 Å². The normalized spacial score (nSPS) is 12.7. The van der Waals surface area contributed by atoms with E-state index in [1.54, 1.807) is 0 Å². The maximum atomic E-state index is 3.26. The molecule has 0 aliphatic heterocycles. The highest BCUT2D eigenvalue weighted by Crippen LogP contribution is 2.31. The van der Waals surface area contributed by atoms with E-state index in [-0.39, 0.29) is 0 Å². The summed E-state index contributed by atoms with van der Waals surface area (Å²) < 4.78 is 1.28. The van der Waals surface area contributed by atoms with E-state index in [0.717, 1.165) is 0 Å². The van der Waals surface area contributed by atoms with Gasteiger partial charge in [0.15, 0.2) is 0 Å². The molecule has 1 unspecified atom stereocenters. The first-order chi connectivity index (χ1) is 7.70. The SMILES string of the molecule is CNC(C)c1ccc(-c2ccc(I)cc2)s1. The molecule has 0 fully saturated rings. The summed E-state index contributed by atoms with van der Waals surface area (Å²) in [7, 11) is 1.99. The first kappa shape index (κ1) is 12.1. The van der Waals surface area contributed by atoms with Crippen LogP contribution in [0.5, 0.6) is 0 Å². The van der Waals surface area contributed by atoms with Crippen molar-refractivity contribution >= 4 is 33.9 Å². The standard InChI is InChI=1S/C13H14INS/c1-9(15-2)12-7-8-13(16-12)10-3-5-11(14)6-4-10/h3-9,15H,1-2H3. The third-order valence-electron chi connectivity index (χ3n) is 2.62. The van der Waals surface area contributed by atoms with Crippen LogP contribution in [0.1, 0.15) is 17.8 Å². The van der Waals surface area contributed by atoms with Crippen LogP contribution in [-0.2, 0) is 0 Å². The van der Waals surface area contributed by atoms with Crippen LogP contribution < -0.4 is 5.32 Å². The van der Waals surface area contributed by atoms with E-state index in [1.165, 1.54) is 18.9 Å². The molecule has 1 heterocycles. The molecule has 2 aromatic rings. The Labute approximate surface area is 114 Å². The van der Waals surface area contributed by atoms with Crippen molar-refractivity contribution in [2.24, 2.45) is 0 Å². The van der Waals surface area contributed by atoms with Gasteiger partial charge in [-0.1, -0.05) is 12.1 Å². The number of nitrogens with one attached hydrogen (secondary N) is 1. The molecule has 1 atom stereocenters. The minimum absolute atomic E-state index is 0.433. The Kier molecular flexibility index (Phi) is 4.00. The smallest absolute Gasteiger partial charge is 0.0383 e. The summed E-state index contributed by atoms with van der Waals surface area (Å²) in [6, 6.07) is 13.5. The Morgan fingerprint density at radius 1 is 1.12 bits per heavy atom. The molecule has 0 amide bonds. The predicted molar refractivity (Wildman–Crippen MR) is 79.9 cm³/mol. The summed E-state index contributed by atoms with van der Waals surface area (Å²) >= 11 is 4.19. The first-order valence-electron chi connectivity index (χ1n) is 5.23. The van der Waals surface area contributed by atoms with Gasteiger partial charge in [0.2, 0.25) is 0 Å². The molecule has 0 spiro atoms.